The summed E-state index contributed by atoms with van der Waals surface area (Å²) in [6.07, 6.45) is 0.199. The highest BCUT2D eigenvalue weighted by Gasteiger charge is 2.32. The number of anilines is 1. The van der Waals surface area contributed by atoms with E-state index in [1.165, 1.54) is 17.0 Å². The van der Waals surface area contributed by atoms with Crippen molar-refractivity contribution < 1.29 is 18.4 Å². The van der Waals surface area contributed by atoms with Gasteiger partial charge in [0.25, 0.3) is 5.91 Å². The van der Waals surface area contributed by atoms with E-state index < -0.39 is 0 Å². The lowest BCUT2D eigenvalue weighted by Crippen LogP contribution is -2.37. The quantitative estimate of drug-likeness (QED) is 0.908. The van der Waals surface area contributed by atoms with E-state index in [2.05, 4.69) is 21.2 Å². The third-order valence-electron chi connectivity index (χ3n) is 3.40. The van der Waals surface area contributed by atoms with Crippen LogP contribution in [0.5, 0.6) is 0 Å². The van der Waals surface area contributed by atoms with Crippen LogP contribution in [0, 0.1) is 5.82 Å². The van der Waals surface area contributed by atoms with E-state index in [4.69, 9.17) is 4.42 Å². The third kappa shape index (κ3) is 3.04. The molecule has 1 aromatic heterocycles. The molecule has 5 nitrogen and oxygen atoms in total. The largest absolute Gasteiger partial charge is 0.444 e. The van der Waals surface area contributed by atoms with Crippen molar-refractivity contribution in [3.8, 4) is 0 Å². The lowest BCUT2D eigenvalue weighted by molar-refractivity contribution is -0.117. The SMILES string of the molecule is O=C(N[C@H]1CC(=O)N(c2ccc(F)cc2)C1)c1ccc(Br)o1. The van der Waals surface area contributed by atoms with Gasteiger partial charge in [0.2, 0.25) is 5.91 Å². The van der Waals surface area contributed by atoms with Crippen molar-refractivity contribution in [2.45, 2.75) is 12.5 Å². The maximum atomic E-state index is 12.9. The lowest BCUT2D eigenvalue weighted by atomic mass is 10.2. The van der Waals surface area contributed by atoms with Crippen LogP contribution < -0.4 is 10.2 Å². The minimum atomic E-state index is -0.371. The molecule has 1 saturated heterocycles. The first-order valence-electron chi connectivity index (χ1n) is 6.65. The number of carbonyl (C=O) groups is 2. The van der Waals surface area contributed by atoms with E-state index in [1.54, 1.807) is 24.3 Å². The van der Waals surface area contributed by atoms with Crippen LogP contribution in [0.1, 0.15) is 17.0 Å². The second-order valence-corrected chi connectivity index (χ2v) is 5.74. The molecule has 1 atom stereocenters. The number of nitrogens with zero attached hydrogens (tertiary/aromatic N) is 1. The maximum Gasteiger partial charge on any atom is 0.287 e. The minimum Gasteiger partial charge on any atom is -0.444 e. The molecule has 22 heavy (non-hydrogen) atoms. The van der Waals surface area contributed by atoms with E-state index in [0.29, 0.717) is 16.9 Å². The normalized spacial score (nSPS) is 17.8. The zero-order valence-corrected chi connectivity index (χ0v) is 13.0. The Labute approximate surface area is 134 Å². The van der Waals surface area contributed by atoms with Crippen LogP contribution in [0.25, 0.3) is 0 Å². The molecule has 0 spiro atoms. The molecule has 0 aliphatic carbocycles. The number of rotatable bonds is 3. The Morgan fingerprint density at radius 1 is 1.27 bits per heavy atom. The molecule has 0 radical (unpaired) electrons. The van der Waals surface area contributed by atoms with Gasteiger partial charge in [-0.2, -0.15) is 0 Å². The van der Waals surface area contributed by atoms with Gasteiger partial charge in [0, 0.05) is 18.7 Å². The Bertz CT molecular complexity index is 714. The van der Waals surface area contributed by atoms with E-state index in [1.807, 2.05) is 0 Å². The predicted octanol–water partition coefficient (Wildman–Crippen LogP) is 2.72. The van der Waals surface area contributed by atoms with Gasteiger partial charge in [0.1, 0.15) is 5.82 Å². The molecule has 1 aliphatic heterocycles. The zero-order valence-electron chi connectivity index (χ0n) is 11.4. The number of furan rings is 1. The first-order chi connectivity index (χ1) is 10.5. The lowest BCUT2D eigenvalue weighted by Gasteiger charge is -2.17. The molecular weight excluding hydrogens is 355 g/mol. The number of nitrogens with one attached hydrogen (secondary N) is 1. The van der Waals surface area contributed by atoms with E-state index in [9.17, 15) is 14.0 Å². The van der Waals surface area contributed by atoms with Crippen LogP contribution in [-0.2, 0) is 4.79 Å². The van der Waals surface area contributed by atoms with Crippen molar-refractivity contribution in [2.24, 2.45) is 0 Å². The van der Waals surface area contributed by atoms with Gasteiger partial charge in [-0.05, 0) is 52.3 Å². The molecule has 114 valence electrons. The Balaban J connectivity index is 1.67. The molecule has 0 saturated carbocycles. The first kappa shape index (κ1) is 14.8. The number of carbonyl (C=O) groups excluding carboxylic acids is 2. The van der Waals surface area contributed by atoms with Crippen molar-refractivity contribution in [2.75, 3.05) is 11.4 Å². The smallest absolute Gasteiger partial charge is 0.287 e. The Morgan fingerprint density at radius 3 is 2.64 bits per heavy atom. The predicted molar refractivity (Wildman–Crippen MR) is 81.0 cm³/mol. The van der Waals surface area contributed by atoms with Gasteiger partial charge in [0.15, 0.2) is 10.4 Å². The Morgan fingerprint density at radius 2 is 2.00 bits per heavy atom. The molecule has 2 aromatic rings. The van der Waals surface area contributed by atoms with E-state index in [0.717, 1.165) is 0 Å². The summed E-state index contributed by atoms with van der Waals surface area (Å²) < 4.78 is 18.6. The van der Waals surface area contributed by atoms with Gasteiger partial charge in [0.05, 0.1) is 6.04 Å². The fourth-order valence-electron chi connectivity index (χ4n) is 2.37. The molecule has 1 fully saturated rings. The first-order valence-corrected chi connectivity index (χ1v) is 7.44. The van der Waals surface area contributed by atoms with Crippen molar-refractivity contribution in [1.29, 1.82) is 0 Å². The van der Waals surface area contributed by atoms with Gasteiger partial charge in [-0.3, -0.25) is 9.59 Å². The summed E-state index contributed by atoms with van der Waals surface area (Å²) in [4.78, 5) is 25.6. The van der Waals surface area contributed by atoms with Gasteiger partial charge in [-0.15, -0.1) is 0 Å². The molecule has 0 bridgehead atoms. The fraction of sp³-hybridized carbons (Fsp3) is 0.200. The molecule has 0 unspecified atom stereocenters. The Hall–Kier alpha value is -2.15. The van der Waals surface area contributed by atoms with E-state index >= 15 is 0 Å². The second kappa shape index (κ2) is 5.92. The highest BCUT2D eigenvalue weighted by atomic mass is 79.9. The summed E-state index contributed by atoms with van der Waals surface area (Å²) in [7, 11) is 0. The molecule has 1 N–H and O–H groups in total. The van der Waals surface area contributed by atoms with Gasteiger partial charge >= 0.3 is 0 Å². The summed E-state index contributed by atoms with van der Waals surface area (Å²) in [5.74, 6) is -0.662. The number of halogens is 2. The summed E-state index contributed by atoms with van der Waals surface area (Å²) in [5.41, 5.74) is 0.615. The van der Waals surface area contributed by atoms with Gasteiger partial charge < -0.3 is 14.6 Å². The second-order valence-electron chi connectivity index (χ2n) is 4.96. The highest BCUT2D eigenvalue weighted by molar-refractivity contribution is 9.10. The average molecular weight is 367 g/mol. The van der Waals surface area contributed by atoms with Crippen LogP contribution in [0.2, 0.25) is 0 Å². The summed E-state index contributed by atoms with van der Waals surface area (Å²) in [6.45, 7) is 0.345. The Kier molecular flexibility index (Phi) is 3.98. The average Bonchev–Trinajstić information content (AvgIpc) is 3.06. The molecule has 2 heterocycles. The molecule has 1 aromatic carbocycles. The molecule has 3 rings (SSSR count). The minimum absolute atomic E-state index is 0.113. The topological polar surface area (TPSA) is 62.6 Å². The molecule has 1 aliphatic rings. The van der Waals surface area contributed by atoms with Gasteiger partial charge in [-0.1, -0.05) is 0 Å². The number of amides is 2. The van der Waals surface area contributed by atoms with Crippen molar-refractivity contribution in [3.63, 3.8) is 0 Å². The molecule has 2 amide bonds. The van der Waals surface area contributed by atoms with Crippen molar-refractivity contribution >= 4 is 33.4 Å². The van der Waals surface area contributed by atoms with Crippen LogP contribution in [0.4, 0.5) is 10.1 Å². The monoisotopic (exact) mass is 366 g/mol. The van der Waals surface area contributed by atoms with Crippen LogP contribution in [0.3, 0.4) is 0 Å². The number of hydrogen-bond donors (Lipinski definition) is 1. The number of benzene rings is 1. The van der Waals surface area contributed by atoms with E-state index in [-0.39, 0.29) is 35.9 Å². The van der Waals surface area contributed by atoms with Gasteiger partial charge in [-0.25, -0.2) is 4.39 Å². The van der Waals surface area contributed by atoms with Crippen LogP contribution in [-0.4, -0.2) is 24.4 Å². The van der Waals surface area contributed by atoms with Crippen LogP contribution in [0.15, 0.2) is 45.5 Å². The summed E-state index contributed by atoms with van der Waals surface area (Å²) >= 11 is 3.13. The highest BCUT2D eigenvalue weighted by Crippen LogP contribution is 2.22. The molecule has 7 heteroatoms. The van der Waals surface area contributed by atoms with Crippen molar-refractivity contribution in [1.82, 2.24) is 5.32 Å². The fourth-order valence-corrected chi connectivity index (χ4v) is 2.67. The third-order valence-corrected chi connectivity index (χ3v) is 3.82. The number of hydrogen-bond acceptors (Lipinski definition) is 3. The molecular formula is C15H12BrFN2O3. The summed E-state index contributed by atoms with van der Waals surface area (Å²) in [5, 5.41) is 2.76. The zero-order chi connectivity index (χ0) is 15.7. The standard InChI is InChI=1S/C15H12BrFN2O3/c16-13-6-5-12(22-13)15(21)18-10-7-14(20)19(8-10)11-3-1-9(17)2-4-11/h1-6,10H,7-8H2,(H,18,21)/t10-/m0/s1. The van der Waals surface area contributed by atoms with Crippen molar-refractivity contribution in [3.05, 3.63) is 52.6 Å². The van der Waals surface area contributed by atoms with Crippen LogP contribution >= 0.6 is 15.9 Å². The maximum absolute atomic E-state index is 12.9. The summed E-state index contributed by atoms with van der Waals surface area (Å²) in [6, 6.07) is 8.55.